The van der Waals surface area contributed by atoms with E-state index in [0.29, 0.717) is 22.9 Å². The van der Waals surface area contributed by atoms with Crippen molar-refractivity contribution in [3.63, 3.8) is 0 Å². The second-order valence-electron chi connectivity index (χ2n) is 5.87. The summed E-state index contributed by atoms with van der Waals surface area (Å²) in [6.45, 7) is 2.48. The molecule has 0 aliphatic heterocycles. The van der Waals surface area contributed by atoms with Gasteiger partial charge in [0.25, 0.3) is 5.91 Å². The number of nitrogens with zero attached hydrogens (tertiary/aromatic N) is 2. The van der Waals surface area contributed by atoms with Crippen molar-refractivity contribution < 1.29 is 9.32 Å². The van der Waals surface area contributed by atoms with Gasteiger partial charge < -0.3 is 9.84 Å². The van der Waals surface area contributed by atoms with E-state index in [1.54, 1.807) is 30.1 Å². The van der Waals surface area contributed by atoms with Crippen molar-refractivity contribution in [3.8, 4) is 0 Å². The zero-order valence-corrected chi connectivity index (χ0v) is 16.7. The van der Waals surface area contributed by atoms with Crippen LogP contribution < -0.4 is 5.32 Å². The van der Waals surface area contributed by atoms with Crippen molar-refractivity contribution in [1.29, 1.82) is 0 Å². The molecule has 0 aliphatic carbocycles. The Kier molecular flexibility index (Phi) is 7.36. The maximum atomic E-state index is 12.5. The van der Waals surface area contributed by atoms with Crippen LogP contribution in [0.4, 0.5) is 0 Å². The van der Waals surface area contributed by atoms with Crippen LogP contribution in [0.5, 0.6) is 0 Å². The molecule has 1 aromatic carbocycles. The quantitative estimate of drug-likeness (QED) is 0.427. The van der Waals surface area contributed by atoms with E-state index in [4.69, 9.17) is 4.52 Å². The Bertz CT molecular complexity index is 868. The maximum absolute atomic E-state index is 12.5. The lowest BCUT2D eigenvalue weighted by molar-refractivity contribution is 0.0952. The fourth-order valence-electron chi connectivity index (χ4n) is 2.40. The van der Waals surface area contributed by atoms with Crippen LogP contribution in [0.2, 0.25) is 0 Å². The van der Waals surface area contributed by atoms with E-state index in [0.717, 1.165) is 23.0 Å². The van der Waals surface area contributed by atoms with Crippen LogP contribution in [0.1, 0.15) is 27.4 Å². The Morgan fingerprint density at radius 3 is 2.78 bits per heavy atom. The number of hydrogen-bond donors (Lipinski definition) is 1. The molecule has 3 rings (SSSR count). The fraction of sp³-hybridized carbons (Fsp3) is 0.250. The molecular weight excluding hydrogens is 378 g/mol. The average Bonchev–Trinajstić information content (AvgIpc) is 3.12. The number of pyridine rings is 1. The molecule has 0 aliphatic rings. The summed E-state index contributed by atoms with van der Waals surface area (Å²) in [6.07, 6.45) is 1.70. The Labute approximate surface area is 167 Å². The molecular formula is C20H21N3O2S2. The van der Waals surface area contributed by atoms with Crippen molar-refractivity contribution in [2.75, 3.05) is 12.3 Å². The first-order chi connectivity index (χ1) is 13.2. The number of aromatic nitrogens is 2. The van der Waals surface area contributed by atoms with Crippen LogP contribution in [0.15, 0.2) is 64.3 Å². The Morgan fingerprint density at radius 1 is 1.15 bits per heavy atom. The first-order valence-electron chi connectivity index (χ1n) is 8.62. The van der Waals surface area contributed by atoms with Gasteiger partial charge in [0.1, 0.15) is 10.8 Å². The SMILES string of the molecule is Cc1cc(CSc2ncccc2C(=O)NCCSCc2ccccc2)no1. The third kappa shape index (κ3) is 6.15. The van der Waals surface area contributed by atoms with Crippen molar-refractivity contribution in [2.45, 2.75) is 23.5 Å². The predicted octanol–water partition coefficient (Wildman–Crippen LogP) is 4.33. The topological polar surface area (TPSA) is 68.0 Å². The van der Waals surface area contributed by atoms with Gasteiger partial charge in [-0.2, -0.15) is 11.8 Å². The number of rotatable bonds is 9. The monoisotopic (exact) mass is 399 g/mol. The van der Waals surface area contributed by atoms with E-state index in [2.05, 4.69) is 27.6 Å². The lowest BCUT2D eigenvalue weighted by Gasteiger charge is -2.08. The van der Waals surface area contributed by atoms with E-state index in [1.807, 2.05) is 31.2 Å². The Hall–Kier alpha value is -2.25. The van der Waals surface area contributed by atoms with Crippen LogP contribution in [0.3, 0.4) is 0 Å². The molecule has 2 heterocycles. The molecule has 0 unspecified atom stereocenters. The predicted molar refractivity (Wildman–Crippen MR) is 110 cm³/mol. The van der Waals surface area contributed by atoms with E-state index >= 15 is 0 Å². The van der Waals surface area contributed by atoms with Crippen molar-refractivity contribution in [2.24, 2.45) is 0 Å². The minimum atomic E-state index is -0.0951. The van der Waals surface area contributed by atoms with Crippen molar-refractivity contribution >= 4 is 29.4 Å². The summed E-state index contributed by atoms with van der Waals surface area (Å²) in [6, 6.07) is 15.8. The Balaban J connectivity index is 1.46. The third-order valence-corrected chi connectivity index (χ3v) is 5.76. The highest BCUT2D eigenvalue weighted by atomic mass is 32.2. The summed E-state index contributed by atoms with van der Waals surface area (Å²) in [5, 5.41) is 7.66. The number of hydrogen-bond acceptors (Lipinski definition) is 6. The van der Waals surface area contributed by atoms with Gasteiger partial charge in [-0.25, -0.2) is 4.98 Å². The highest BCUT2D eigenvalue weighted by Crippen LogP contribution is 2.24. The molecule has 0 saturated heterocycles. The molecule has 0 saturated carbocycles. The molecule has 0 atom stereocenters. The number of aryl methyl sites for hydroxylation is 1. The number of carbonyl (C=O) groups is 1. The van der Waals surface area contributed by atoms with Crippen LogP contribution in [0, 0.1) is 6.92 Å². The molecule has 0 radical (unpaired) electrons. The summed E-state index contributed by atoms with van der Waals surface area (Å²) < 4.78 is 5.07. The molecule has 0 fully saturated rings. The van der Waals surface area contributed by atoms with Gasteiger partial charge in [0.15, 0.2) is 0 Å². The van der Waals surface area contributed by atoms with E-state index < -0.39 is 0 Å². The lowest BCUT2D eigenvalue weighted by Crippen LogP contribution is -2.26. The summed E-state index contributed by atoms with van der Waals surface area (Å²) in [7, 11) is 0. The minimum Gasteiger partial charge on any atom is -0.361 e. The molecule has 1 amide bonds. The summed E-state index contributed by atoms with van der Waals surface area (Å²) in [5.41, 5.74) is 2.73. The number of benzene rings is 1. The van der Waals surface area contributed by atoms with Gasteiger partial charge in [-0.1, -0.05) is 47.3 Å². The largest absolute Gasteiger partial charge is 0.361 e. The molecule has 1 N–H and O–H groups in total. The van der Waals surface area contributed by atoms with Gasteiger partial charge in [-0.3, -0.25) is 4.79 Å². The van der Waals surface area contributed by atoms with Crippen molar-refractivity contribution in [3.05, 3.63) is 77.3 Å². The highest BCUT2D eigenvalue weighted by Gasteiger charge is 2.13. The molecule has 0 bridgehead atoms. The molecule has 0 spiro atoms. The third-order valence-electron chi connectivity index (χ3n) is 3.69. The summed E-state index contributed by atoms with van der Waals surface area (Å²) in [4.78, 5) is 16.9. The summed E-state index contributed by atoms with van der Waals surface area (Å²) in [5.74, 6) is 3.10. The van der Waals surface area contributed by atoms with E-state index in [1.165, 1.54) is 17.3 Å². The Morgan fingerprint density at radius 2 is 2.00 bits per heavy atom. The van der Waals surface area contributed by atoms with Gasteiger partial charge in [0.05, 0.1) is 11.3 Å². The highest BCUT2D eigenvalue weighted by molar-refractivity contribution is 7.98. The van der Waals surface area contributed by atoms with Gasteiger partial charge in [0.2, 0.25) is 0 Å². The first kappa shape index (κ1) is 19.5. The number of nitrogens with one attached hydrogen (secondary N) is 1. The number of thioether (sulfide) groups is 2. The average molecular weight is 400 g/mol. The first-order valence-corrected chi connectivity index (χ1v) is 10.8. The fourth-order valence-corrected chi connectivity index (χ4v) is 4.09. The zero-order chi connectivity index (χ0) is 18.9. The molecule has 7 heteroatoms. The standard InChI is InChI=1S/C20H21N3O2S2/c1-15-12-17(23-25-15)14-27-20-18(8-5-9-22-20)19(24)21-10-11-26-13-16-6-3-2-4-7-16/h2-9,12H,10-11,13-14H2,1H3,(H,21,24). The number of amides is 1. The normalized spacial score (nSPS) is 10.7. The van der Waals surface area contributed by atoms with Crippen molar-refractivity contribution in [1.82, 2.24) is 15.5 Å². The maximum Gasteiger partial charge on any atom is 0.254 e. The lowest BCUT2D eigenvalue weighted by atomic mass is 10.2. The zero-order valence-electron chi connectivity index (χ0n) is 15.1. The molecule has 27 heavy (non-hydrogen) atoms. The molecule has 3 aromatic rings. The second kappa shape index (κ2) is 10.2. The van der Waals surface area contributed by atoms with E-state index in [9.17, 15) is 4.79 Å². The summed E-state index contributed by atoms with van der Waals surface area (Å²) >= 11 is 3.29. The molecule has 140 valence electrons. The minimum absolute atomic E-state index is 0.0951. The van der Waals surface area contributed by atoms with Gasteiger partial charge >= 0.3 is 0 Å². The van der Waals surface area contributed by atoms with Gasteiger partial charge in [0, 0.05) is 36.1 Å². The van der Waals surface area contributed by atoms with Crippen LogP contribution in [0.25, 0.3) is 0 Å². The molecule has 2 aromatic heterocycles. The van der Waals surface area contributed by atoms with Crippen LogP contribution in [-0.4, -0.2) is 28.3 Å². The molecule has 5 nitrogen and oxygen atoms in total. The van der Waals surface area contributed by atoms with E-state index in [-0.39, 0.29) is 5.91 Å². The number of carbonyl (C=O) groups excluding carboxylic acids is 1. The van der Waals surface area contributed by atoms with Crippen LogP contribution in [-0.2, 0) is 11.5 Å². The van der Waals surface area contributed by atoms with Crippen LogP contribution >= 0.6 is 23.5 Å². The van der Waals surface area contributed by atoms with Gasteiger partial charge in [-0.05, 0) is 24.6 Å². The second-order valence-corrected chi connectivity index (χ2v) is 7.94. The van der Waals surface area contributed by atoms with Gasteiger partial charge in [-0.15, -0.1) is 0 Å². The smallest absolute Gasteiger partial charge is 0.254 e.